The van der Waals surface area contributed by atoms with Crippen LogP contribution in [0.4, 0.5) is 13.2 Å². The largest absolute Gasteiger partial charge is 0.454 e. The lowest BCUT2D eigenvalue weighted by atomic mass is 10.1. The van der Waals surface area contributed by atoms with Gasteiger partial charge in [0.1, 0.15) is 6.04 Å². The molecule has 16 heavy (non-hydrogen) atoms. The molecule has 2 rings (SSSR count). The molecule has 1 aromatic rings. The Labute approximate surface area is 95.7 Å². The number of fused-ring (bicyclic) bond motifs is 1. The fourth-order valence-electron chi connectivity index (χ4n) is 1.37. The van der Waals surface area contributed by atoms with Crippen LogP contribution >= 0.6 is 12.4 Å². The van der Waals surface area contributed by atoms with Gasteiger partial charge in [0.25, 0.3) is 0 Å². The lowest BCUT2D eigenvalue weighted by Crippen LogP contribution is -2.28. The molecule has 1 aromatic carbocycles. The molecule has 0 aliphatic carbocycles. The van der Waals surface area contributed by atoms with Crippen molar-refractivity contribution in [3.05, 3.63) is 23.8 Å². The summed E-state index contributed by atoms with van der Waals surface area (Å²) >= 11 is 0. The van der Waals surface area contributed by atoms with Gasteiger partial charge in [0.15, 0.2) is 11.5 Å². The Morgan fingerprint density at radius 3 is 2.56 bits per heavy atom. The van der Waals surface area contributed by atoms with Crippen molar-refractivity contribution in [3.63, 3.8) is 0 Å². The first kappa shape index (κ1) is 12.9. The third-order valence-electron chi connectivity index (χ3n) is 2.11. The monoisotopic (exact) mass is 255 g/mol. The van der Waals surface area contributed by atoms with Gasteiger partial charge in [-0.3, -0.25) is 0 Å². The van der Waals surface area contributed by atoms with E-state index >= 15 is 0 Å². The fourth-order valence-corrected chi connectivity index (χ4v) is 1.37. The number of nitrogens with two attached hydrogens (primary N) is 1. The van der Waals surface area contributed by atoms with Crippen LogP contribution in [0.15, 0.2) is 18.2 Å². The minimum Gasteiger partial charge on any atom is -0.454 e. The Balaban J connectivity index is 0.00000128. The maximum Gasteiger partial charge on any atom is 0.407 e. The van der Waals surface area contributed by atoms with Crippen molar-refractivity contribution < 1.29 is 22.6 Å². The molecule has 0 aromatic heterocycles. The molecule has 0 bridgehead atoms. The number of ether oxygens (including phenoxy) is 2. The second-order valence-corrected chi connectivity index (χ2v) is 3.10. The molecule has 0 saturated carbocycles. The van der Waals surface area contributed by atoms with Crippen LogP contribution in [0.25, 0.3) is 0 Å². The lowest BCUT2D eigenvalue weighted by molar-refractivity contribution is -0.149. The normalized spacial score (nSPS) is 15.5. The first-order chi connectivity index (χ1) is 7.00. The minimum atomic E-state index is -4.49. The summed E-state index contributed by atoms with van der Waals surface area (Å²) < 4.78 is 47.0. The Morgan fingerprint density at radius 2 is 1.94 bits per heavy atom. The van der Waals surface area contributed by atoms with Crippen LogP contribution in [0.1, 0.15) is 11.6 Å². The van der Waals surface area contributed by atoms with E-state index in [4.69, 9.17) is 15.2 Å². The Bertz CT molecular complexity index is 384. The molecule has 0 spiro atoms. The molecule has 0 fully saturated rings. The molecule has 1 heterocycles. The molecule has 3 nitrogen and oxygen atoms in total. The minimum absolute atomic E-state index is 0. The van der Waals surface area contributed by atoms with Crippen LogP contribution in [-0.2, 0) is 0 Å². The second kappa shape index (κ2) is 4.39. The molecule has 90 valence electrons. The molecule has 0 radical (unpaired) electrons. The maximum atomic E-state index is 12.4. The zero-order valence-electron chi connectivity index (χ0n) is 7.95. The molecule has 0 unspecified atom stereocenters. The number of alkyl halides is 3. The van der Waals surface area contributed by atoms with Crippen molar-refractivity contribution in [1.82, 2.24) is 0 Å². The van der Waals surface area contributed by atoms with Gasteiger partial charge in [-0.15, -0.1) is 12.4 Å². The highest BCUT2D eigenvalue weighted by Gasteiger charge is 2.40. The summed E-state index contributed by atoms with van der Waals surface area (Å²) in [6, 6.07) is 2.23. The van der Waals surface area contributed by atoms with Crippen molar-refractivity contribution in [2.45, 2.75) is 12.2 Å². The molecule has 1 atom stereocenters. The van der Waals surface area contributed by atoms with E-state index < -0.39 is 12.2 Å². The number of rotatable bonds is 1. The SMILES string of the molecule is Cl.N[C@H](c1cccc2c1OCO2)C(F)(F)F. The molecule has 2 N–H and O–H groups in total. The summed E-state index contributed by atoms with van der Waals surface area (Å²) in [7, 11) is 0. The molecule has 0 amide bonds. The van der Waals surface area contributed by atoms with Crippen molar-refractivity contribution in [2.75, 3.05) is 6.79 Å². The van der Waals surface area contributed by atoms with E-state index in [9.17, 15) is 13.2 Å². The Morgan fingerprint density at radius 1 is 1.25 bits per heavy atom. The van der Waals surface area contributed by atoms with Crippen molar-refractivity contribution in [1.29, 1.82) is 0 Å². The Hall–Kier alpha value is -1.14. The van der Waals surface area contributed by atoms with Crippen LogP contribution in [0.2, 0.25) is 0 Å². The number of benzene rings is 1. The highest BCUT2D eigenvalue weighted by molar-refractivity contribution is 5.85. The average Bonchev–Trinajstić information content (AvgIpc) is 2.62. The van der Waals surface area contributed by atoms with E-state index in [1.807, 2.05) is 0 Å². The zero-order valence-corrected chi connectivity index (χ0v) is 8.77. The summed E-state index contributed by atoms with van der Waals surface area (Å²) in [4.78, 5) is 0. The summed E-state index contributed by atoms with van der Waals surface area (Å²) in [5, 5.41) is 0. The van der Waals surface area contributed by atoms with E-state index in [1.165, 1.54) is 18.2 Å². The Kier molecular flexibility index (Phi) is 3.54. The van der Waals surface area contributed by atoms with Gasteiger partial charge >= 0.3 is 6.18 Å². The van der Waals surface area contributed by atoms with Crippen molar-refractivity contribution >= 4 is 12.4 Å². The van der Waals surface area contributed by atoms with Gasteiger partial charge in [-0.25, -0.2) is 0 Å². The van der Waals surface area contributed by atoms with Crippen LogP contribution < -0.4 is 15.2 Å². The van der Waals surface area contributed by atoms with Crippen molar-refractivity contribution in [2.24, 2.45) is 5.73 Å². The lowest BCUT2D eigenvalue weighted by Gasteiger charge is -2.17. The average molecular weight is 256 g/mol. The maximum absolute atomic E-state index is 12.4. The smallest absolute Gasteiger partial charge is 0.407 e. The molecular weight excluding hydrogens is 247 g/mol. The van der Waals surface area contributed by atoms with Gasteiger partial charge in [0.2, 0.25) is 6.79 Å². The number of hydrogen-bond acceptors (Lipinski definition) is 3. The molecular formula is C9H9ClF3NO2. The highest BCUT2D eigenvalue weighted by atomic mass is 35.5. The first-order valence-corrected chi connectivity index (χ1v) is 4.21. The van der Waals surface area contributed by atoms with Gasteiger partial charge < -0.3 is 15.2 Å². The van der Waals surface area contributed by atoms with Crippen LogP contribution in [0.5, 0.6) is 11.5 Å². The first-order valence-electron chi connectivity index (χ1n) is 4.21. The van der Waals surface area contributed by atoms with E-state index in [0.29, 0.717) is 5.75 Å². The standard InChI is InChI=1S/C9H8F3NO2.ClH/c10-9(11,12)8(13)5-2-1-3-6-7(5)15-4-14-6;/h1-3,8H,4,13H2;1H/t8-;/m1./s1. The zero-order chi connectivity index (χ0) is 11.1. The predicted octanol–water partition coefficient (Wildman–Crippen LogP) is 2.40. The van der Waals surface area contributed by atoms with E-state index in [0.717, 1.165) is 0 Å². The quantitative estimate of drug-likeness (QED) is 0.838. The number of hydrogen-bond donors (Lipinski definition) is 1. The highest BCUT2D eigenvalue weighted by Crippen LogP contribution is 2.42. The number of halogens is 4. The molecule has 0 saturated heterocycles. The summed E-state index contributed by atoms with van der Waals surface area (Å²) in [6.45, 7) is -0.0725. The third-order valence-corrected chi connectivity index (χ3v) is 2.11. The second-order valence-electron chi connectivity index (χ2n) is 3.10. The number of para-hydroxylation sites is 1. The molecule has 1 aliphatic rings. The fraction of sp³-hybridized carbons (Fsp3) is 0.333. The molecule has 1 aliphatic heterocycles. The van der Waals surface area contributed by atoms with Crippen LogP contribution in [-0.4, -0.2) is 13.0 Å². The van der Waals surface area contributed by atoms with E-state index in [1.54, 1.807) is 0 Å². The van der Waals surface area contributed by atoms with Gasteiger partial charge in [-0.05, 0) is 6.07 Å². The van der Waals surface area contributed by atoms with Gasteiger partial charge in [-0.1, -0.05) is 12.1 Å². The third kappa shape index (κ3) is 2.17. The van der Waals surface area contributed by atoms with Gasteiger partial charge in [0.05, 0.1) is 0 Å². The predicted molar refractivity (Wildman–Crippen MR) is 52.8 cm³/mol. The van der Waals surface area contributed by atoms with E-state index in [-0.39, 0.29) is 30.5 Å². The van der Waals surface area contributed by atoms with Crippen molar-refractivity contribution in [3.8, 4) is 11.5 Å². The summed E-state index contributed by atoms with van der Waals surface area (Å²) in [5.74, 6) is 0.384. The summed E-state index contributed by atoms with van der Waals surface area (Å²) in [5.41, 5.74) is 4.99. The van der Waals surface area contributed by atoms with E-state index in [2.05, 4.69) is 0 Å². The summed E-state index contributed by atoms with van der Waals surface area (Å²) in [6.07, 6.45) is -4.49. The molecule has 7 heteroatoms. The topological polar surface area (TPSA) is 44.5 Å². The van der Waals surface area contributed by atoms with Gasteiger partial charge in [-0.2, -0.15) is 13.2 Å². The van der Waals surface area contributed by atoms with Crippen LogP contribution in [0, 0.1) is 0 Å². The van der Waals surface area contributed by atoms with Crippen LogP contribution in [0.3, 0.4) is 0 Å². The van der Waals surface area contributed by atoms with Gasteiger partial charge in [0, 0.05) is 5.56 Å².